The van der Waals surface area contributed by atoms with E-state index in [0.29, 0.717) is 4.75 Å². The van der Waals surface area contributed by atoms with E-state index >= 15 is 0 Å². The highest BCUT2D eigenvalue weighted by atomic mass is 79.9. The summed E-state index contributed by atoms with van der Waals surface area (Å²) in [5.41, 5.74) is 1.11. The molecule has 1 heterocycles. The van der Waals surface area contributed by atoms with Gasteiger partial charge in [-0.1, -0.05) is 28.4 Å². The first-order valence-electron chi connectivity index (χ1n) is 5.35. The van der Waals surface area contributed by atoms with Gasteiger partial charge in [-0.15, -0.1) is 11.8 Å². The van der Waals surface area contributed by atoms with Gasteiger partial charge < -0.3 is 5.11 Å². The summed E-state index contributed by atoms with van der Waals surface area (Å²) >= 11 is 5.47. The van der Waals surface area contributed by atoms with E-state index in [0.717, 1.165) is 16.5 Å². The lowest BCUT2D eigenvalue weighted by molar-refractivity contribution is 0.125. The van der Waals surface area contributed by atoms with Crippen LogP contribution in [0.1, 0.15) is 37.4 Å². The lowest BCUT2D eigenvalue weighted by Crippen LogP contribution is -2.37. The Morgan fingerprint density at radius 3 is 2.87 bits per heavy atom. The average molecular weight is 285 g/mol. The van der Waals surface area contributed by atoms with Gasteiger partial charge in [0.1, 0.15) is 0 Å². The number of thioether (sulfide) groups is 1. The van der Waals surface area contributed by atoms with Gasteiger partial charge in [0.05, 0.1) is 6.10 Å². The van der Waals surface area contributed by atoms with Crippen molar-refractivity contribution in [1.82, 2.24) is 0 Å². The van der Waals surface area contributed by atoms with E-state index in [1.165, 1.54) is 24.2 Å². The van der Waals surface area contributed by atoms with Crippen molar-refractivity contribution in [2.24, 2.45) is 0 Å². The summed E-state index contributed by atoms with van der Waals surface area (Å²) < 4.78 is 1.46. The molecule has 0 unspecified atom stereocenters. The Kier molecular flexibility index (Phi) is 2.38. The van der Waals surface area contributed by atoms with Gasteiger partial charge in [0.25, 0.3) is 0 Å². The number of benzene rings is 1. The number of hydrogen-bond acceptors (Lipinski definition) is 2. The standard InChI is InChI=1S/C12H13BrOS/c13-8-2-3-9-10(14)7-12(4-1-5-12)15-11(9)6-8/h2-3,6,10,14H,1,4-5,7H2/t10-/m0/s1. The summed E-state index contributed by atoms with van der Waals surface area (Å²) in [4.78, 5) is 1.27. The maximum absolute atomic E-state index is 10.1. The molecular weight excluding hydrogens is 272 g/mol. The smallest absolute Gasteiger partial charge is 0.0814 e. The summed E-state index contributed by atoms with van der Waals surface area (Å²) in [6, 6.07) is 6.20. The van der Waals surface area contributed by atoms with E-state index in [1.807, 2.05) is 23.9 Å². The first-order chi connectivity index (χ1) is 7.19. The number of halogens is 1. The Balaban J connectivity index is 2.01. The molecule has 1 atom stereocenters. The topological polar surface area (TPSA) is 20.2 Å². The number of aliphatic hydroxyl groups is 1. The van der Waals surface area contributed by atoms with Crippen molar-refractivity contribution < 1.29 is 5.11 Å². The van der Waals surface area contributed by atoms with Crippen molar-refractivity contribution >= 4 is 27.7 Å². The largest absolute Gasteiger partial charge is 0.388 e. The molecule has 1 aliphatic heterocycles. The molecule has 0 radical (unpaired) electrons. The fourth-order valence-corrected chi connectivity index (χ4v) is 4.71. The van der Waals surface area contributed by atoms with Crippen LogP contribution in [0, 0.1) is 0 Å². The first kappa shape index (κ1) is 10.2. The molecule has 1 spiro atoms. The van der Waals surface area contributed by atoms with E-state index < -0.39 is 0 Å². The summed E-state index contributed by atoms with van der Waals surface area (Å²) in [5, 5.41) is 10.1. The molecule has 2 aliphatic rings. The van der Waals surface area contributed by atoms with E-state index in [1.54, 1.807) is 0 Å². The van der Waals surface area contributed by atoms with Crippen molar-refractivity contribution in [3.63, 3.8) is 0 Å². The van der Waals surface area contributed by atoms with Crippen molar-refractivity contribution in [2.45, 2.75) is 41.4 Å². The highest BCUT2D eigenvalue weighted by Gasteiger charge is 2.43. The van der Waals surface area contributed by atoms with Crippen LogP contribution in [0.4, 0.5) is 0 Å². The minimum Gasteiger partial charge on any atom is -0.388 e. The average Bonchev–Trinajstić information content (AvgIpc) is 2.14. The second-order valence-corrected chi connectivity index (χ2v) is 6.97. The van der Waals surface area contributed by atoms with Crippen LogP contribution in [0.2, 0.25) is 0 Å². The Morgan fingerprint density at radius 2 is 2.20 bits per heavy atom. The predicted molar refractivity (Wildman–Crippen MR) is 66.2 cm³/mol. The van der Waals surface area contributed by atoms with Gasteiger partial charge >= 0.3 is 0 Å². The van der Waals surface area contributed by atoms with Crippen LogP contribution in [-0.2, 0) is 0 Å². The molecule has 1 N–H and O–H groups in total. The van der Waals surface area contributed by atoms with Gasteiger partial charge in [0.15, 0.2) is 0 Å². The van der Waals surface area contributed by atoms with Crippen molar-refractivity contribution in [1.29, 1.82) is 0 Å². The summed E-state index contributed by atoms with van der Waals surface area (Å²) in [5.74, 6) is 0. The third-order valence-corrected chi connectivity index (χ3v) is 5.57. The number of rotatable bonds is 0. The van der Waals surface area contributed by atoms with Crippen LogP contribution in [0.15, 0.2) is 27.6 Å². The SMILES string of the molecule is O[C@H]1CC2(CCC2)Sc2cc(Br)ccc21. The zero-order chi connectivity index (χ0) is 10.5. The van der Waals surface area contributed by atoms with Gasteiger partial charge in [-0.2, -0.15) is 0 Å². The minimum atomic E-state index is -0.255. The van der Waals surface area contributed by atoms with E-state index in [9.17, 15) is 5.11 Å². The molecule has 1 fully saturated rings. The molecule has 1 aromatic carbocycles. The molecular formula is C12H13BrOS. The lowest BCUT2D eigenvalue weighted by Gasteiger charge is -2.46. The van der Waals surface area contributed by atoms with Gasteiger partial charge in [-0.25, -0.2) is 0 Å². The fraction of sp³-hybridized carbons (Fsp3) is 0.500. The van der Waals surface area contributed by atoms with Crippen molar-refractivity contribution in [3.8, 4) is 0 Å². The van der Waals surface area contributed by atoms with Gasteiger partial charge in [0, 0.05) is 14.1 Å². The normalized spacial score (nSPS) is 27.2. The summed E-state index contributed by atoms with van der Waals surface area (Å²) in [6.45, 7) is 0. The van der Waals surface area contributed by atoms with Crippen LogP contribution >= 0.6 is 27.7 Å². The molecule has 80 valence electrons. The predicted octanol–water partition coefficient (Wildman–Crippen LogP) is 3.90. The Bertz CT molecular complexity index is 401. The monoisotopic (exact) mass is 284 g/mol. The molecule has 1 saturated carbocycles. The second kappa shape index (κ2) is 3.51. The van der Waals surface area contributed by atoms with E-state index in [4.69, 9.17) is 0 Å². The minimum absolute atomic E-state index is 0.255. The zero-order valence-corrected chi connectivity index (χ0v) is 10.8. The van der Waals surface area contributed by atoms with Crippen LogP contribution in [0.3, 0.4) is 0 Å². The highest BCUT2D eigenvalue weighted by Crippen LogP contribution is 2.57. The van der Waals surface area contributed by atoms with Crippen molar-refractivity contribution in [2.75, 3.05) is 0 Å². The molecule has 0 saturated heterocycles. The lowest BCUT2D eigenvalue weighted by atomic mass is 9.79. The molecule has 0 aromatic heterocycles. The van der Waals surface area contributed by atoms with Gasteiger partial charge in [-0.3, -0.25) is 0 Å². The number of fused-ring (bicyclic) bond motifs is 1. The Morgan fingerprint density at radius 1 is 1.40 bits per heavy atom. The highest BCUT2D eigenvalue weighted by molar-refractivity contribution is 9.10. The molecule has 1 nitrogen and oxygen atoms in total. The van der Waals surface area contributed by atoms with E-state index in [-0.39, 0.29) is 6.10 Å². The van der Waals surface area contributed by atoms with Crippen LogP contribution in [0.25, 0.3) is 0 Å². The number of aliphatic hydroxyl groups excluding tert-OH is 1. The molecule has 1 aliphatic carbocycles. The van der Waals surface area contributed by atoms with Crippen LogP contribution < -0.4 is 0 Å². The van der Waals surface area contributed by atoms with Crippen molar-refractivity contribution in [3.05, 3.63) is 28.2 Å². The van der Waals surface area contributed by atoms with Gasteiger partial charge in [-0.05, 0) is 37.0 Å². The fourth-order valence-electron chi connectivity index (χ4n) is 2.49. The molecule has 15 heavy (non-hydrogen) atoms. The molecule has 1 aromatic rings. The maximum atomic E-state index is 10.1. The van der Waals surface area contributed by atoms with Crippen LogP contribution in [0.5, 0.6) is 0 Å². The Hall–Kier alpha value is 0.01000. The first-order valence-corrected chi connectivity index (χ1v) is 6.96. The third-order valence-electron chi connectivity index (χ3n) is 3.49. The Labute approximate surface area is 102 Å². The molecule has 0 bridgehead atoms. The summed E-state index contributed by atoms with van der Waals surface area (Å²) in [7, 11) is 0. The maximum Gasteiger partial charge on any atom is 0.0814 e. The van der Waals surface area contributed by atoms with Crippen LogP contribution in [-0.4, -0.2) is 9.85 Å². The summed E-state index contributed by atoms with van der Waals surface area (Å²) in [6.07, 6.45) is 4.53. The quantitative estimate of drug-likeness (QED) is 0.780. The number of hydrogen-bond donors (Lipinski definition) is 1. The van der Waals surface area contributed by atoms with E-state index in [2.05, 4.69) is 22.0 Å². The molecule has 0 amide bonds. The third kappa shape index (κ3) is 1.65. The molecule has 3 rings (SSSR count). The van der Waals surface area contributed by atoms with Gasteiger partial charge in [0.2, 0.25) is 0 Å². The molecule has 3 heteroatoms. The zero-order valence-electron chi connectivity index (χ0n) is 8.37. The second-order valence-electron chi connectivity index (χ2n) is 4.54.